The molecule has 1 heteroatoms. The fraction of sp³-hybridized carbons (Fsp3) is 0.500. The number of rotatable bonds is 2. The average molecular weight is 416 g/mol. The van der Waals surface area contributed by atoms with Gasteiger partial charge < -0.3 is 0 Å². The van der Waals surface area contributed by atoms with Crippen LogP contribution in [0.5, 0.6) is 0 Å². The van der Waals surface area contributed by atoms with Crippen molar-refractivity contribution in [2.45, 2.75) is 90.9 Å². The predicted octanol–water partition coefficient (Wildman–Crippen LogP) is 7.89. The number of benzene rings is 2. The minimum absolute atomic E-state index is 0.0582. The molecule has 1 aliphatic rings. The second-order valence-corrected chi connectivity index (χ2v) is 11.7. The highest BCUT2D eigenvalue weighted by Crippen LogP contribution is 2.40. The van der Waals surface area contributed by atoms with Gasteiger partial charge in [-0.05, 0) is 76.3 Å². The highest BCUT2D eigenvalue weighted by atomic mass is 14.9. The molecule has 1 saturated carbocycles. The van der Waals surface area contributed by atoms with Crippen LogP contribution in [-0.4, -0.2) is 0 Å². The van der Waals surface area contributed by atoms with Crippen LogP contribution in [0.25, 0.3) is 22.0 Å². The molecule has 0 radical (unpaired) electrons. The molecule has 0 N–H and O–H groups in total. The number of aromatic nitrogens is 1. The van der Waals surface area contributed by atoms with Crippen molar-refractivity contribution >= 4 is 10.8 Å². The SMILES string of the molecule is [2H]c1cc2cc(C3CCCC3)ccc2c(-c2cc(C(C)(C)C)cc(C(C)(C)C)c2C)[n+]1C. The van der Waals surface area contributed by atoms with Crippen LogP contribution in [0.2, 0.25) is 0 Å². The lowest BCUT2D eigenvalue weighted by Gasteiger charge is -2.28. The van der Waals surface area contributed by atoms with Crippen molar-refractivity contribution in [3.8, 4) is 11.3 Å². The molecule has 164 valence electrons. The first kappa shape index (κ1) is 20.7. The standard InChI is InChI=1S/C30H40N/c1-20-26(18-24(29(2,3)4)19-27(20)30(5,6)7)28-25-14-13-22(21-11-9-10-12-21)17-23(25)15-16-31(28)8/h13-19,21H,9-12H2,1-8H3/q+1/i16D. The van der Waals surface area contributed by atoms with Gasteiger partial charge in [-0.25, -0.2) is 4.57 Å². The monoisotopic (exact) mass is 415 g/mol. The summed E-state index contributed by atoms with van der Waals surface area (Å²) in [6.45, 7) is 16.1. The van der Waals surface area contributed by atoms with Crippen LogP contribution in [0.15, 0.2) is 42.6 Å². The molecule has 0 unspecified atom stereocenters. The molecule has 2 aromatic carbocycles. The van der Waals surface area contributed by atoms with E-state index in [0.29, 0.717) is 12.1 Å². The van der Waals surface area contributed by atoms with Crippen LogP contribution in [0.1, 0.15) is 96.8 Å². The Morgan fingerprint density at radius 2 is 1.58 bits per heavy atom. The van der Waals surface area contributed by atoms with Crippen molar-refractivity contribution in [2.75, 3.05) is 0 Å². The Kier molecular flexibility index (Phi) is 5.19. The highest BCUT2D eigenvalue weighted by Gasteiger charge is 2.27. The summed E-state index contributed by atoms with van der Waals surface area (Å²) in [6, 6.07) is 13.9. The Morgan fingerprint density at radius 3 is 2.19 bits per heavy atom. The van der Waals surface area contributed by atoms with Gasteiger partial charge in [0.1, 0.15) is 8.42 Å². The maximum absolute atomic E-state index is 8.76. The van der Waals surface area contributed by atoms with Gasteiger partial charge in [-0.2, -0.15) is 0 Å². The van der Waals surface area contributed by atoms with Gasteiger partial charge in [-0.15, -0.1) is 0 Å². The summed E-state index contributed by atoms with van der Waals surface area (Å²) in [5.74, 6) is 0.685. The van der Waals surface area contributed by atoms with Crippen LogP contribution >= 0.6 is 0 Å². The first-order chi connectivity index (χ1) is 14.9. The maximum atomic E-state index is 8.76. The third kappa shape index (κ3) is 4.16. The van der Waals surface area contributed by atoms with E-state index in [-0.39, 0.29) is 10.8 Å². The number of pyridine rings is 1. The Morgan fingerprint density at radius 1 is 0.903 bits per heavy atom. The lowest BCUT2D eigenvalue weighted by molar-refractivity contribution is -0.659. The summed E-state index contributed by atoms with van der Waals surface area (Å²) in [5, 5.41) is 2.45. The van der Waals surface area contributed by atoms with E-state index >= 15 is 0 Å². The second-order valence-electron chi connectivity index (χ2n) is 11.7. The van der Waals surface area contributed by atoms with Gasteiger partial charge in [0, 0.05) is 6.07 Å². The molecule has 0 bridgehead atoms. The molecular weight excluding hydrogens is 374 g/mol. The number of hydrogen-bond donors (Lipinski definition) is 0. The summed E-state index contributed by atoms with van der Waals surface area (Å²) in [4.78, 5) is 0. The quantitative estimate of drug-likeness (QED) is 0.375. The van der Waals surface area contributed by atoms with Crippen molar-refractivity contribution in [1.29, 1.82) is 0 Å². The van der Waals surface area contributed by atoms with E-state index in [9.17, 15) is 0 Å². The van der Waals surface area contributed by atoms with Gasteiger partial charge >= 0.3 is 0 Å². The minimum atomic E-state index is 0.0582. The van der Waals surface area contributed by atoms with Crippen LogP contribution in [0.3, 0.4) is 0 Å². The van der Waals surface area contributed by atoms with E-state index in [1.54, 1.807) is 0 Å². The normalized spacial score (nSPS) is 16.2. The molecule has 31 heavy (non-hydrogen) atoms. The summed E-state index contributed by atoms with van der Waals surface area (Å²) < 4.78 is 10.8. The van der Waals surface area contributed by atoms with Gasteiger partial charge in [0.15, 0.2) is 6.17 Å². The zero-order chi connectivity index (χ0) is 23.4. The van der Waals surface area contributed by atoms with Gasteiger partial charge in [-0.1, -0.05) is 72.6 Å². The molecule has 0 atom stereocenters. The van der Waals surface area contributed by atoms with Crippen LogP contribution in [-0.2, 0) is 17.9 Å². The molecule has 3 aromatic rings. The fourth-order valence-electron chi connectivity index (χ4n) is 5.34. The van der Waals surface area contributed by atoms with Crippen LogP contribution < -0.4 is 4.57 Å². The molecule has 1 fully saturated rings. The molecule has 1 heterocycles. The van der Waals surface area contributed by atoms with Crippen molar-refractivity contribution in [1.82, 2.24) is 0 Å². The molecule has 1 nitrogen and oxygen atoms in total. The molecule has 0 saturated heterocycles. The third-order valence-corrected chi connectivity index (χ3v) is 7.24. The van der Waals surface area contributed by atoms with E-state index in [1.165, 1.54) is 70.0 Å². The Balaban J connectivity index is 2.03. The first-order valence-electron chi connectivity index (χ1n) is 12.5. The van der Waals surface area contributed by atoms with Gasteiger partial charge in [0.25, 0.3) is 0 Å². The molecule has 0 aliphatic heterocycles. The molecule has 0 spiro atoms. The van der Waals surface area contributed by atoms with E-state index in [0.717, 1.165) is 0 Å². The van der Waals surface area contributed by atoms with Gasteiger partial charge in [0.2, 0.25) is 5.69 Å². The first-order valence-corrected chi connectivity index (χ1v) is 12.0. The number of fused-ring (bicyclic) bond motifs is 1. The zero-order valence-electron chi connectivity index (χ0n) is 21.8. The lowest BCUT2D eigenvalue weighted by atomic mass is 9.76. The van der Waals surface area contributed by atoms with E-state index in [1.807, 2.05) is 13.1 Å². The van der Waals surface area contributed by atoms with E-state index < -0.39 is 0 Å². The summed E-state index contributed by atoms with van der Waals surface area (Å²) >= 11 is 0. The van der Waals surface area contributed by atoms with Gasteiger partial charge in [0.05, 0.1) is 10.9 Å². The molecule has 0 amide bonds. The van der Waals surface area contributed by atoms with Crippen molar-refractivity contribution in [3.63, 3.8) is 0 Å². The summed E-state index contributed by atoms with van der Waals surface area (Å²) in [5.41, 5.74) is 8.07. The largest absolute Gasteiger partial charge is 0.220 e. The minimum Gasteiger partial charge on any atom is -0.200 e. The topological polar surface area (TPSA) is 3.88 Å². The number of hydrogen-bond acceptors (Lipinski definition) is 0. The van der Waals surface area contributed by atoms with Crippen molar-refractivity contribution in [2.24, 2.45) is 7.05 Å². The highest BCUT2D eigenvalue weighted by molar-refractivity contribution is 5.94. The maximum Gasteiger partial charge on any atom is 0.220 e. The predicted molar refractivity (Wildman–Crippen MR) is 134 cm³/mol. The molecule has 1 aromatic heterocycles. The Hall–Kier alpha value is -2.15. The number of nitrogens with zero attached hydrogens (tertiary/aromatic N) is 1. The summed E-state index contributed by atoms with van der Waals surface area (Å²) in [6.07, 6.45) is 5.85. The Labute approximate surface area is 190 Å². The third-order valence-electron chi connectivity index (χ3n) is 7.24. The fourth-order valence-corrected chi connectivity index (χ4v) is 5.34. The Bertz CT molecular complexity index is 1170. The summed E-state index contributed by atoms with van der Waals surface area (Å²) in [7, 11) is 2.04. The van der Waals surface area contributed by atoms with Crippen molar-refractivity contribution < 1.29 is 5.94 Å². The lowest BCUT2D eigenvalue weighted by Crippen LogP contribution is -2.31. The molecule has 1 aliphatic carbocycles. The van der Waals surface area contributed by atoms with E-state index in [4.69, 9.17) is 1.37 Å². The van der Waals surface area contributed by atoms with Crippen LogP contribution in [0, 0.1) is 6.92 Å². The zero-order valence-corrected chi connectivity index (χ0v) is 20.8. The smallest absolute Gasteiger partial charge is 0.200 e. The second kappa shape index (κ2) is 7.76. The molecule has 4 rings (SSSR count). The van der Waals surface area contributed by atoms with Crippen LogP contribution in [0.4, 0.5) is 0 Å². The van der Waals surface area contributed by atoms with Crippen molar-refractivity contribution in [3.05, 3.63) is 64.8 Å². The molecular formula is C30H40N+. The van der Waals surface area contributed by atoms with E-state index in [2.05, 4.69) is 83.4 Å². The van der Waals surface area contributed by atoms with Gasteiger partial charge in [-0.3, -0.25) is 0 Å². The average Bonchev–Trinajstić information content (AvgIpc) is 3.22.